The van der Waals surface area contributed by atoms with Crippen molar-refractivity contribution in [3.8, 4) is 0 Å². The maximum absolute atomic E-state index is 12.1. The van der Waals surface area contributed by atoms with E-state index in [1.807, 2.05) is 0 Å². The van der Waals surface area contributed by atoms with Gasteiger partial charge in [-0.25, -0.2) is 17.9 Å². The van der Waals surface area contributed by atoms with Crippen LogP contribution >= 0.6 is 0 Å². The summed E-state index contributed by atoms with van der Waals surface area (Å²) < 4.78 is 26.7. The number of carbonyl (C=O) groups is 1. The van der Waals surface area contributed by atoms with Gasteiger partial charge in [0.25, 0.3) is 5.69 Å². The topological polar surface area (TPSA) is 139 Å². The van der Waals surface area contributed by atoms with E-state index in [0.717, 1.165) is 38.2 Å². The number of sulfonamides is 1. The van der Waals surface area contributed by atoms with Gasteiger partial charge in [-0.1, -0.05) is 37.8 Å². The number of para-hydroxylation sites is 1. The van der Waals surface area contributed by atoms with Crippen LogP contribution in [-0.4, -0.2) is 37.6 Å². The zero-order chi connectivity index (χ0) is 18.7. The van der Waals surface area contributed by atoms with Crippen LogP contribution in [0.2, 0.25) is 0 Å². The van der Waals surface area contributed by atoms with Crippen LogP contribution in [-0.2, 0) is 10.0 Å². The molecule has 1 aromatic carbocycles. The molecule has 0 unspecified atom stereocenters. The van der Waals surface area contributed by atoms with Gasteiger partial charge in [-0.05, 0) is 18.9 Å². The van der Waals surface area contributed by atoms with Crippen LogP contribution in [0.1, 0.15) is 38.5 Å². The Morgan fingerprint density at radius 1 is 1.04 bits per heavy atom. The number of nitro groups is 1. The number of hydrogen-bond acceptors (Lipinski definition) is 5. The van der Waals surface area contributed by atoms with Gasteiger partial charge in [-0.3, -0.25) is 10.1 Å². The molecule has 140 valence electrons. The fourth-order valence-electron chi connectivity index (χ4n) is 2.27. The first-order valence-corrected chi connectivity index (χ1v) is 9.53. The molecule has 0 aliphatic carbocycles. The van der Waals surface area contributed by atoms with Crippen molar-refractivity contribution in [2.45, 2.75) is 43.4 Å². The van der Waals surface area contributed by atoms with Crippen molar-refractivity contribution in [3.63, 3.8) is 0 Å². The summed E-state index contributed by atoms with van der Waals surface area (Å²) in [6.45, 7) is 0.653. The standard InChI is InChI=1S/C15H23N3O6S/c19-15(20)16-11-7-3-1-2-4-8-12-17-25(23,24)14-10-6-5-9-13(14)18(21)22/h5-6,9-10,16-17H,1-4,7-8,11-12H2,(H,19,20). The van der Waals surface area contributed by atoms with Gasteiger partial charge in [0, 0.05) is 19.2 Å². The fourth-order valence-corrected chi connectivity index (χ4v) is 3.52. The van der Waals surface area contributed by atoms with Gasteiger partial charge in [0.05, 0.1) is 4.92 Å². The molecule has 0 heterocycles. The zero-order valence-corrected chi connectivity index (χ0v) is 14.6. The minimum absolute atomic E-state index is 0.217. The Labute approximate surface area is 146 Å². The molecule has 0 radical (unpaired) electrons. The molecule has 0 bridgehead atoms. The van der Waals surface area contributed by atoms with E-state index >= 15 is 0 Å². The van der Waals surface area contributed by atoms with Crippen LogP contribution < -0.4 is 10.0 Å². The van der Waals surface area contributed by atoms with Crippen molar-refractivity contribution < 1.29 is 23.2 Å². The molecule has 1 amide bonds. The van der Waals surface area contributed by atoms with Crippen LogP contribution in [0.15, 0.2) is 29.2 Å². The quantitative estimate of drug-likeness (QED) is 0.292. The van der Waals surface area contributed by atoms with Gasteiger partial charge in [0.15, 0.2) is 4.90 Å². The molecule has 10 heteroatoms. The third kappa shape index (κ3) is 7.94. The number of amides is 1. The second-order valence-corrected chi connectivity index (χ2v) is 7.21. The first-order valence-electron chi connectivity index (χ1n) is 8.04. The monoisotopic (exact) mass is 373 g/mol. The van der Waals surface area contributed by atoms with E-state index in [4.69, 9.17) is 5.11 Å². The summed E-state index contributed by atoms with van der Waals surface area (Å²) in [5.41, 5.74) is -0.440. The Morgan fingerprint density at radius 3 is 2.20 bits per heavy atom. The van der Waals surface area contributed by atoms with Crippen LogP contribution in [0.4, 0.5) is 10.5 Å². The lowest BCUT2D eigenvalue weighted by Gasteiger charge is -2.07. The second-order valence-electron chi connectivity index (χ2n) is 5.48. The van der Waals surface area contributed by atoms with Crippen molar-refractivity contribution >= 4 is 21.8 Å². The highest BCUT2D eigenvalue weighted by atomic mass is 32.2. The second kappa shape index (κ2) is 10.6. The number of nitro benzene ring substituents is 1. The average molecular weight is 373 g/mol. The Kier molecular flexibility index (Phi) is 8.86. The van der Waals surface area contributed by atoms with Crippen LogP contribution in [0, 0.1) is 10.1 Å². The van der Waals surface area contributed by atoms with Crippen LogP contribution in [0.25, 0.3) is 0 Å². The van der Waals surface area contributed by atoms with Crippen molar-refractivity contribution in [2.75, 3.05) is 13.1 Å². The molecule has 0 fully saturated rings. The van der Waals surface area contributed by atoms with Gasteiger partial charge >= 0.3 is 6.09 Å². The maximum Gasteiger partial charge on any atom is 0.404 e. The zero-order valence-electron chi connectivity index (χ0n) is 13.8. The van der Waals surface area contributed by atoms with E-state index in [1.165, 1.54) is 18.2 Å². The number of carboxylic acid groups (broad SMARTS) is 1. The minimum atomic E-state index is -3.90. The Morgan fingerprint density at radius 2 is 1.60 bits per heavy atom. The largest absolute Gasteiger partial charge is 0.465 e. The van der Waals surface area contributed by atoms with E-state index in [1.54, 1.807) is 0 Å². The smallest absolute Gasteiger partial charge is 0.404 e. The Hall–Kier alpha value is -2.20. The summed E-state index contributed by atoms with van der Waals surface area (Å²) in [7, 11) is -3.90. The molecule has 3 N–H and O–H groups in total. The summed E-state index contributed by atoms with van der Waals surface area (Å²) in [5, 5.41) is 21.6. The number of benzene rings is 1. The molecule has 1 rings (SSSR count). The first kappa shape index (κ1) is 20.8. The predicted molar refractivity (Wildman–Crippen MR) is 92.0 cm³/mol. The molecular formula is C15H23N3O6S. The SMILES string of the molecule is O=C(O)NCCCCCCCCNS(=O)(=O)c1ccccc1[N+](=O)[O-]. The number of unbranched alkanes of at least 4 members (excludes halogenated alkanes) is 5. The third-order valence-electron chi connectivity index (χ3n) is 3.52. The van der Waals surface area contributed by atoms with Gasteiger partial charge < -0.3 is 10.4 Å². The summed E-state index contributed by atoms with van der Waals surface area (Å²) >= 11 is 0. The van der Waals surface area contributed by atoms with E-state index in [9.17, 15) is 23.3 Å². The highest BCUT2D eigenvalue weighted by molar-refractivity contribution is 7.89. The summed E-state index contributed by atoms with van der Waals surface area (Å²) in [5.74, 6) is 0. The molecule has 9 nitrogen and oxygen atoms in total. The van der Waals surface area contributed by atoms with Gasteiger partial charge in [-0.2, -0.15) is 0 Å². The molecule has 0 saturated carbocycles. The van der Waals surface area contributed by atoms with Gasteiger partial charge in [0.1, 0.15) is 0 Å². The lowest BCUT2D eigenvalue weighted by Crippen LogP contribution is -2.25. The molecule has 0 aliphatic rings. The van der Waals surface area contributed by atoms with E-state index in [-0.39, 0.29) is 11.4 Å². The van der Waals surface area contributed by atoms with Crippen LogP contribution in [0.5, 0.6) is 0 Å². The first-order chi connectivity index (χ1) is 11.8. The molecule has 1 aromatic rings. The molecular weight excluding hydrogens is 350 g/mol. The number of nitrogens with zero attached hydrogens (tertiary/aromatic N) is 1. The Bertz CT molecular complexity index is 678. The molecule has 0 spiro atoms. The van der Waals surface area contributed by atoms with Crippen molar-refractivity contribution in [2.24, 2.45) is 0 Å². The highest BCUT2D eigenvalue weighted by Gasteiger charge is 2.24. The van der Waals surface area contributed by atoms with Gasteiger partial charge in [0.2, 0.25) is 10.0 Å². The third-order valence-corrected chi connectivity index (χ3v) is 5.03. The lowest BCUT2D eigenvalue weighted by molar-refractivity contribution is -0.387. The van der Waals surface area contributed by atoms with Crippen molar-refractivity contribution in [1.82, 2.24) is 10.0 Å². The lowest BCUT2D eigenvalue weighted by atomic mass is 10.1. The molecule has 0 saturated heterocycles. The number of nitrogens with one attached hydrogen (secondary N) is 2. The number of rotatable bonds is 12. The molecule has 25 heavy (non-hydrogen) atoms. The van der Waals surface area contributed by atoms with E-state index in [2.05, 4.69) is 10.0 Å². The van der Waals surface area contributed by atoms with Gasteiger partial charge in [-0.15, -0.1) is 0 Å². The molecule has 0 aromatic heterocycles. The predicted octanol–water partition coefficient (Wildman–Crippen LogP) is 2.48. The van der Waals surface area contributed by atoms with E-state index in [0.29, 0.717) is 13.0 Å². The summed E-state index contributed by atoms with van der Waals surface area (Å²) in [4.78, 5) is 20.1. The van der Waals surface area contributed by atoms with E-state index < -0.39 is 26.7 Å². The van der Waals surface area contributed by atoms with Crippen molar-refractivity contribution in [1.29, 1.82) is 0 Å². The highest BCUT2D eigenvalue weighted by Crippen LogP contribution is 2.22. The molecule has 0 aliphatic heterocycles. The Balaban J connectivity index is 2.25. The van der Waals surface area contributed by atoms with Crippen LogP contribution in [0.3, 0.4) is 0 Å². The summed E-state index contributed by atoms with van der Waals surface area (Å²) in [6.07, 6.45) is 3.97. The summed E-state index contributed by atoms with van der Waals surface area (Å²) in [6, 6.07) is 5.24. The molecule has 0 atom stereocenters. The maximum atomic E-state index is 12.1. The normalized spacial score (nSPS) is 11.2. The number of hydrogen-bond donors (Lipinski definition) is 3. The minimum Gasteiger partial charge on any atom is -0.465 e. The average Bonchev–Trinajstić information content (AvgIpc) is 2.56. The fraction of sp³-hybridized carbons (Fsp3) is 0.533. The van der Waals surface area contributed by atoms with Crippen molar-refractivity contribution in [3.05, 3.63) is 34.4 Å².